The summed E-state index contributed by atoms with van der Waals surface area (Å²) in [6, 6.07) is 13.1. The van der Waals surface area contributed by atoms with Crippen LogP contribution in [0.4, 0.5) is 0 Å². The maximum atomic E-state index is 12.2. The third-order valence-electron chi connectivity index (χ3n) is 4.38. The Bertz CT molecular complexity index is 800. The average molecular weight is 368 g/mol. The Labute approximate surface area is 161 Å². The molecule has 2 aromatic rings. The topological polar surface area (TPSA) is 67.4 Å². The average Bonchev–Trinajstić information content (AvgIpc) is 2.61. The molecule has 2 N–H and O–H groups in total. The number of benzene rings is 2. The highest BCUT2D eigenvalue weighted by atomic mass is 16.5. The van der Waals surface area contributed by atoms with E-state index >= 15 is 0 Å². The first-order valence-corrected chi connectivity index (χ1v) is 9.03. The van der Waals surface area contributed by atoms with Crippen LogP contribution in [0.1, 0.15) is 54.7 Å². The molecule has 5 nitrogen and oxygen atoms in total. The van der Waals surface area contributed by atoms with Gasteiger partial charge in [0.25, 0.3) is 11.8 Å². The van der Waals surface area contributed by atoms with Crippen LogP contribution in [0.3, 0.4) is 0 Å². The Kier molecular flexibility index (Phi) is 6.26. The smallest absolute Gasteiger partial charge is 0.279 e. The van der Waals surface area contributed by atoms with Gasteiger partial charge in [0.05, 0.1) is 0 Å². The van der Waals surface area contributed by atoms with Crippen LogP contribution in [0, 0.1) is 13.8 Å². The van der Waals surface area contributed by atoms with E-state index in [9.17, 15) is 9.59 Å². The zero-order valence-electron chi connectivity index (χ0n) is 16.8. The number of carbonyl (C=O) groups is 2. The molecule has 0 aromatic heterocycles. The highest BCUT2D eigenvalue weighted by Gasteiger charge is 2.18. The molecule has 0 fully saturated rings. The molecule has 0 radical (unpaired) electrons. The fraction of sp³-hybridized carbons (Fsp3) is 0.364. The standard InChI is InChI=1S/C22H28N2O3/c1-14-8-7-9-15(2)19(14)27-16(3)20(25)23-24-21(26)17-10-12-18(13-11-17)22(4,5)6/h7-13,16H,1-6H3,(H,23,25)(H,24,26)/t16-/m0/s1. The van der Waals surface area contributed by atoms with Crippen molar-refractivity contribution in [1.82, 2.24) is 10.9 Å². The van der Waals surface area contributed by atoms with Crippen molar-refractivity contribution in [3.8, 4) is 5.75 Å². The summed E-state index contributed by atoms with van der Waals surface area (Å²) in [6.45, 7) is 11.8. The maximum absolute atomic E-state index is 12.2. The fourth-order valence-corrected chi connectivity index (χ4v) is 2.63. The quantitative estimate of drug-likeness (QED) is 0.806. The third-order valence-corrected chi connectivity index (χ3v) is 4.38. The van der Waals surface area contributed by atoms with Crippen molar-refractivity contribution in [3.63, 3.8) is 0 Å². The summed E-state index contributed by atoms with van der Waals surface area (Å²) >= 11 is 0. The lowest BCUT2D eigenvalue weighted by Gasteiger charge is -2.19. The van der Waals surface area contributed by atoms with Gasteiger partial charge in [0.1, 0.15) is 5.75 Å². The molecule has 0 spiro atoms. The lowest BCUT2D eigenvalue weighted by Crippen LogP contribution is -2.47. The molecule has 144 valence electrons. The van der Waals surface area contributed by atoms with Crippen molar-refractivity contribution in [1.29, 1.82) is 0 Å². The Morgan fingerprint density at radius 3 is 2.00 bits per heavy atom. The second-order valence-corrected chi connectivity index (χ2v) is 7.75. The number of hydrazine groups is 1. The van der Waals surface area contributed by atoms with Gasteiger partial charge in [-0.15, -0.1) is 0 Å². The number of hydrogen-bond acceptors (Lipinski definition) is 3. The van der Waals surface area contributed by atoms with Crippen molar-refractivity contribution in [3.05, 3.63) is 64.7 Å². The van der Waals surface area contributed by atoms with E-state index < -0.39 is 12.0 Å². The van der Waals surface area contributed by atoms with Gasteiger partial charge in [-0.1, -0.05) is 51.1 Å². The summed E-state index contributed by atoms with van der Waals surface area (Å²) in [5.41, 5.74) is 8.40. The lowest BCUT2D eigenvalue weighted by molar-refractivity contribution is -0.128. The molecule has 1 atom stereocenters. The van der Waals surface area contributed by atoms with E-state index in [1.165, 1.54) is 0 Å². The first kappa shape index (κ1) is 20.5. The molecule has 27 heavy (non-hydrogen) atoms. The van der Waals surface area contributed by atoms with Gasteiger partial charge in [-0.2, -0.15) is 0 Å². The molecule has 0 aliphatic rings. The van der Waals surface area contributed by atoms with Crippen molar-refractivity contribution in [2.45, 2.75) is 53.1 Å². The number of amides is 2. The van der Waals surface area contributed by atoms with E-state index in [0.29, 0.717) is 11.3 Å². The Hall–Kier alpha value is -2.82. The normalized spacial score (nSPS) is 12.2. The minimum absolute atomic E-state index is 0.0176. The SMILES string of the molecule is Cc1cccc(C)c1O[C@@H](C)C(=O)NNC(=O)c1ccc(C(C)(C)C)cc1. The molecular formula is C22H28N2O3. The van der Waals surface area contributed by atoms with E-state index in [4.69, 9.17) is 4.74 Å². The van der Waals surface area contributed by atoms with Gasteiger partial charge >= 0.3 is 0 Å². The van der Waals surface area contributed by atoms with Gasteiger partial charge in [0.15, 0.2) is 6.10 Å². The highest BCUT2D eigenvalue weighted by molar-refractivity contribution is 5.95. The second kappa shape index (κ2) is 8.25. The zero-order chi connectivity index (χ0) is 20.2. The van der Waals surface area contributed by atoms with Crippen LogP contribution < -0.4 is 15.6 Å². The van der Waals surface area contributed by atoms with Crippen LogP contribution in [0.15, 0.2) is 42.5 Å². The van der Waals surface area contributed by atoms with Crippen molar-refractivity contribution >= 4 is 11.8 Å². The summed E-state index contributed by atoms with van der Waals surface area (Å²) in [7, 11) is 0. The molecular weight excluding hydrogens is 340 g/mol. The van der Waals surface area contributed by atoms with Gasteiger partial charge < -0.3 is 4.74 Å². The summed E-state index contributed by atoms with van der Waals surface area (Å²) in [5.74, 6) is -0.107. The van der Waals surface area contributed by atoms with E-state index in [0.717, 1.165) is 16.7 Å². The predicted octanol–water partition coefficient (Wildman–Crippen LogP) is 3.83. The van der Waals surface area contributed by atoms with Crippen molar-refractivity contribution in [2.24, 2.45) is 0 Å². The summed E-state index contributed by atoms with van der Waals surface area (Å²) in [5, 5.41) is 0. The van der Waals surface area contributed by atoms with E-state index in [-0.39, 0.29) is 11.3 Å². The maximum Gasteiger partial charge on any atom is 0.279 e. The van der Waals surface area contributed by atoms with Gasteiger partial charge in [-0.3, -0.25) is 20.4 Å². The molecule has 0 bridgehead atoms. The molecule has 0 saturated carbocycles. The largest absolute Gasteiger partial charge is 0.480 e. The molecule has 5 heteroatoms. The molecule has 0 unspecified atom stereocenters. The van der Waals surface area contributed by atoms with Crippen LogP contribution in [-0.2, 0) is 10.2 Å². The van der Waals surface area contributed by atoms with Crippen molar-refractivity contribution in [2.75, 3.05) is 0 Å². The minimum atomic E-state index is -0.742. The Morgan fingerprint density at radius 1 is 0.926 bits per heavy atom. The van der Waals surface area contributed by atoms with Crippen LogP contribution in [0.2, 0.25) is 0 Å². The number of aryl methyl sites for hydroxylation is 2. The summed E-state index contributed by atoms with van der Waals surface area (Å²) < 4.78 is 5.77. The molecule has 0 aliphatic carbocycles. The number of para-hydroxylation sites is 1. The first-order chi connectivity index (χ1) is 12.6. The van der Waals surface area contributed by atoms with Gasteiger partial charge in [-0.05, 0) is 55.0 Å². The first-order valence-electron chi connectivity index (χ1n) is 9.03. The number of ether oxygens (including phenoxy) is 1. The summed E-state index contributed by atoms with van der Waals surface area (Å²) in [4.78, 5) is 24.5. The Morgan fingerprint density at radius 2 is 1.48 bits per heavy atom. The number of hydrogen-bond donors (Lipinski definition) is 2. The van der Waals surface area contributed by atoms with E-state index in [2.05, 4.69) is 31.6 Å². The predicted molar refractivity (Wildman–Crippen MR) is 107 cm³/mol. The lowest BCUT2D eigenvalue weighted by atomic mass is 9.87. The van der Waals surface area contributed by atoms with Crippen LogP contribution in [-0.4, -0.2) is 17.9 Å². The van der Waals surface area contributed by atoms with Crippen LogP contribution >= 0.6 is 0 Å². The van der Waals surface area contributed by atoms with Gasteiger partial charge in [-0.25, -0.2) is 0 Å². The third kappa shape index (κ3) is 5.33. The second-order valence-electron chi connectivity index (χ2n) is 7.75. The molecule has 2 rings (SSSR count). The minimum Gasteiger partial charge on any atom is -0.480 e. The molecule has 0 heterocycles. The van der Waals surface area contributed by atoms with Gasteiger partial charge in [0.2, 0.25) is 0 Å². The van der Waals surface area contributed by atoms with Crippen LogP contribution in [0.25, 0.3) is 0 Å². The molecule has 0 aliphatic heterocycles. The zero-order valence-corrected chi connectivity index (χ0v) is 16.8. The fourth-order valence-electron chi connectivity index (χ4n) is 2.63. The highest BCUT2D eigenvalue weighted by Crippen LogP contribution is 2.24. The molecule has 2 aromatic carbocycles. The van der Waals surface area contributed by atoms with Gasteiger partial charge in [0, 0.05) is 5.56 Å². The Balaban J connectivity index is 1.93. The van der Waals surface area contributed by atoms with E-state index in [1.807, 2.05) is 44.2 Å². The summed E-state index contributed by atoms with van der Waals surface area (Å²) in [6.07, 6.45) is -0.742. The number of carbonyl (C=O) groups excluding carboxylic acids is 2. The molecule has 2 amide bonds. The molecule has 0 saturated heterocycles. The number of nitrogens with one attached hydrogen (secondary N) is 2. The monoisotopic (exact) mass is 368 g/mol. The van der Waals surface area contributed by atoms with Crippen LogP contribution in [0.5, 0.6) is 5.75 Å². The number of rotatable bonds is 4. The van der Waals surface area contributed by atoms with E-state index in [1.54, 1.807) is 19.1 Å². The van der Waals surface area contributed by atoms with Crippen molar-refractivity contribution < 1.29 is 14.3 Å².